The SMILES string of the molecule is NCCCCC(=O)c1ccc(-c2ccccc2)cc1. The molecule has 2 N–H and O–H groups in total. The minimum atomic E-state index is 0.202. The molecule has 2 rings (SSSR count). The quantitative estimate of drug-likeness (QED) is 0.630. The maximum Gasteiger partial charge on any atom is 0.162 e. The van der Waals surface area contributed by atoms with Crippen molar-refractivity contribution in [2.75, 3.05) is 6.54 Å². The number of benzene rings is 2. The second kappa shape index (κ2) is 6.86. The normalized spacial score (nSPS) is 10.4. The Balaban J connectivity index is 2.04. The zero-order valence-electron chi connectivity index (χ0n) is 11.0. The molecule has 0 spiro atoms. The number of ketones is 1. The van der Waals surface area contributed by atoms with Gasteiger partial charge in [0.25, 0.3) is 0 Å². The average molecular weight is 253 g/mol. The minimum absolute atomic E-state index is 0.202. The van der Waals surface area contributed by atoms with Crippen molar-refractivity contribution >= 4 is 5.78 Å². The Morgan fingerprint density at radius 2 is 1.47 bits per heavy atom. The maximum absolute atomic E-state index is 11.9. The van der Waals surface area contributed by atoms with Crippen molar-refractivity contribution in [3.05, 3.63) is 60.2 Å². The second-order valence-corrected chi connectivity index (χ2v) is 4.61. The fourth-order valence-electron chi connectivity index (χ4n) is 2.05. The molecule has 2 heteroatoms. The van der Waals surface area contributed by atoms with Crippen LogP contribution in [0.15, 0.2) is 54.6 Å². The molecule has 0 aromatic heterocycles. The van der Waals surface area contributed by atoms with Crippen LogP contribution in [0, 0.1) is 0 Å². The maximum atomic E-state index is 11.9. The van der Waals surface area contributed by atoms with E-state index in [1.807, 2.05) is 42.5 Å². The van der Waals surface area contributed by atoms with Gasteiger partial charge in [0.2, 0.25) is 0 Å². The number of carbonyl (C=O) groups is 1. The van der Waals surface area contributed by atoms with Crippen molar-refractivity contribution in [2.45, 2.75) is 19.3 Å². The molecule has 0 aliphatic heterocycles. The van der Waals surface area contributed by atoms with E-state index < -0.39 is 0 Å². The summed E-state index contributed by atoms with van der Waals surface area (Å²) in [4.78, 5) is 11.9. The number of carbonyl (C=O) groups excluding carboxylic acids is 1. The molecule has 98 valence electrons. The highest BCUT2D eigenvalue weighted by Crippen LogP contribution is 2.19. The van der Waals surface area contributed by atoms with E-state index in [2.05, 4.69) is 12.1 Å². The van der Waals surface area contributed by atoms with Crippen LogP contribution in [-0.4, -0.2) is 12.3 Å². The zero-order valence-corrected chi connectivity index (χ0v) is 11.0. The van der Waals surface area contributed by atoms with Crippen LogP contribution in [0.5, 0.6) is 0 Å². The number of Topliss-reactive ketones (excluding diaryl/α,β-unsaturated/α-hetero) is 1. The van der Waals surface area contributed by atoms with E-state index in [1.165, 1.54) is 5.56 Å². The Labute approximate surface area is 114 Å². The predicted octanol–water partition coefficient (Wildman–Crippen LogP) is 3.67. The summed E-state index contributed by atoms with van der Waals surface area (Å²) in [5.74, 6) is 0.202. The van der Waals surface area contributed by atoms with E-state index in [4.69, 9.17) is 5.73 Å². The van der Waals surface area contributed by atoms with Crippen molar-refractivity contribution < 1.29 is 4.79 Å². The summed E-state index contributed by atoms with van der Waals surface area (Å²) in [5.41, 5.74) is 8.52. The number of nitrogens with two attached hydrogens (primary N) is 1. The molecule has 2 aromatic carbocycles. The summed E-state index contributed by atoms with van der Waals surface area (Å²) in [5, 5.41) is 0. The Kier molecular flexibility index (Phi) is 4.87. The van der Waals surface area contributed by atoms with E-state index in [-0.39, 0.29) is 5.78 Å². The molecule has 0 heterocycles. The molecule has 0 saturated heterocycles. The summed E-state index contributed by atoms with van der Waals surface area (Å²) in [6, 6.07) is 18.0. The van der Waals surface area contributed by atoms with Gasteiger partial charge in [0.05, 0.1) is 0 Å². The molecule has 0 aliphatic rings. The van der Waals surface area contributed by atoms with Gasteiger partial charge in [0, 0.05) is 12.0 Å². The lowest BCUT2D eigenvalue weighted by Gasteiger charge is -2.04. The molecule has 0 radical (unpaired) electrons. The van der Waals surface area contributed by atoms with Gasteiger partial charge in [-0.2, -0.15) is 0 Å². The van der Waals surface area contributed by atoms with Gasteiger partial charge in [-0.05, 0) is 30.5 Å². The summed E-state index contributed by atoms with van der Waals surface area (Å²) < 4.78 is 0. The van der Waals surface area contributed by atoms with Gasteiger partial charge in [-0.25, -0.2) is 0 Å². The highest BCUT2D eigenvalue weighted by Gasteiger charge is 2.05. The van der Waals surface area contributed by atoms with Gasteiger partial charge in [0.15, 0.2) is 5.78 Å². The van der Waals surface area contributed by atoms with Crippen LogP contribution in [-0.2, 0) is 0 Å². The lowest BCUT2D eigenvalue weighted by Crippen LogP contribution is -2.02. The van der Waals surface area contributed by atoms with E-state index in [1.54, 1.807) is 0 Å². The van der Waals surface area contributed by atoms with Gasteiger partial charge in [-0.1, -0.05) is 54.6 Å². The predicted molar refractivity (Wildman–Crippen MR) is 79.1 cm³/mol. The van der Waals surface area contributed by atoms with Crippen molar-refractivity contribution in [3.63, 3.8) is 0 Å². The first-order valence-electron chi connectivity index (χ1n) is 6.70. The fourth-order valence-corrected chi connectivity index (χ4v) is 2.05. The lowest BCUT2D eigenvalue weighted by molar-refractivity contribution is 0.0979. The largest absolute Gasteiger partial charge is 0.330 e. The van der Waals surface area contributed by atoms with Crippen LogP contribution in [0.3, 0.4) is 0 Å². The van der Waals surface area contributed by atoms with Gasteiger partial charge in [-0.3, -0.25) is 4.79 Å². The minimum Gasteiger partial charge on any atom is -0.330 e. The molecular formula is C17H19NO. The average Bonchev–Trinajstić information content (AvgIpc) is 2.48. The monoisotopic (exact) mass is 253 g/mol. The van der Waals surface area contributed by atoms with Crippen LogP contribution in [0.25, 0.3) is 11.1 Å². The first kappa shape index (κ1) is 13.5. The summed E-state index contributed by atoms with van der Waals surface area (Å²) in [6.07, 6.45) is 2.37. The molecular weight excluding hydrogens is 234 g/mol. The van der Waals surface area contributed by atoms with E-state index in [9.17, 15) is 4.79 Å². The van der Waals surface area contributed by atoms with E-state index in [0.29, 0.717) is 13.0 Å². The molecule has 0 aliphatic carbocycles. The lowest BCUT2D eigenvalue weighted by atomic mass is 10.0. The molecule has 0 fully saturated rings. The number of hydrogen-bond acceptors (Lipinski definition) is 2. The topological polar surface area (TPSA) is 43.1 Å². The van der Waals surface area contributed by atoms with Crippen LogP contribution < -0.4 is 5.73 Å². The van der Waals surface area contributed by atoms with Crippen molar-refractivity contribution in [1.82, 2.24) is 0 Å². The third-order valence-electron chi connectivity index (χ3n) is 3.17. The second-order valence-electron chi connectivity index (χ2n) is 4.61. The number of hydrogen-bond donors (Lipinski definition) is 1. The molecule has 2 nitrogen and oxygen atoms in total. The first-order valence-corrected chi connectivity index (χ1v) is 6.70. The van der Waals surface area contributed by atoms with Gasteiger partial charge < -0.3 is 5.73 Å². The third-order valence-corrected chi connectivity index (χ3v) is 3.17. The zero-order chi connectivity index (χ0) is 13.5. The Morgan fingerprint density at radius 3 is 2.11 bits per heavy atom. The highest BCUT2D eigenvalue weighted by molar-refractivity contribution is 5.96. The molecule has 0 bridgehead atoms. The number of unbranched alkanes of at least 4 members (excludes halogenated alkanes) is 1. The smallest absolute Gasteiger partial charge is 0.162 e. The van der Waals surface area contributed by atoms with Crippen LogP contribution in [0.1, 0.15) is 29.6 Å². The van der Waals surface area contributed by atoms with E-state index in [0.717, 1.165) is 24.0 Å². The highest BCUT2D eigenvalue weighted by atomic mass is 16.1. The van der Waals surface area contributed by atoms with E-state index >= 15 is 0 Å². The molecule has 0 unspecified atom stereocenters. The van der Waals surface area contributed by atoms with Crippen LogP contribution in [0.2, 0.25) is 0 Å². The Morgan fingerprint density at radius 1 is 0.842 bits per heavy atom. The Hall–Kier alpha value is -1.93. The van der Waals surface area contributed by atoms with Crippen molar-refractivity contribution in [3.8, 4) is 11.1 Å². The molecule has 19 heavy (non-hydrogen) atoms. The summed E-state index contributed by atoms with van der Waals surface area (Å²) in [6.45, 7) is 0.653. The molecule has 0 atom stereocenters. The van der Waals surface area contributed by atoms with Gasteiger partial charge in [-0.15, -0.1) is 0 Å². The number of rotatable bonds is 6. The standard InChI is InChI=1S/C17H19NO/c18-13-5-4-8-17(19)16-11-9-15(10-12-16)14-6-2-1-3-7-14/h1-3,6-7,9-12H,4-5,8,13,18H2. The summed E-state index contributed by atoms with van der Waals surface area (Å²) in [7, 11) is 0. The Bertz CT molecular complexity index is 517. The first-order chi connectivity index (χ1) is 9.31. The molecule has 2 aromatic rings. The molecule has 0 amide bonds. The van der Waals surface area contributed by atoms with Gasteiger partial charge in [0.1, 0.15) is 0 Å². The third kappa shape index (κ3) is 3.76. The van der Waals surface area contributed by atoms with Crippen molar-refractivity contribution in [1.29, 1.82) is 0 Å². The molecule has 0 saturated carbocycles. The summed E-state index contributed by atoms with van der Waals surface area (Å²) >= 11 is 0. The van der Waals surface area contributed by atoms with Gasteiger partial charge >= 0.3 is 0 Å². The van der Waals surface area contributed by atoms with Crippen molar-refractivity contribution in [2.24, 2.45) is 5.73 Å². The fraction of sp³-hybridized carbons (Fsp3) is 0.235. The van der Waals surface area contributed by atoms with Crippen LogP contribution in [0.4, 0.5) is 0 Å². The van der Waals surface area contributed by atoms with Crippen LogP contribution >= 0.6 is 0 Å².